The number of halogens is 6. The average molecular weight is 616 g/mol. The third-order valence-electron chi connectivity index (χ3n) is 4.60. The van der Waals surface area contributed by atoms with Gasteiger partial charge in [0.15, 0.2) is 11.4 Å². The summed E-state index contributed by atoms with van der Waals surface area (Å²) in [6, 6.07) is 4.93. The minimum absolute atomic E-state index is 0.233. The predicted molar refractivity (Wildman–Crippen MR) is 128 cm³/mol. The maximum absolute atomic E-state index is 13.0. The maximum Gasteiger partial charge on any atom is 0.349 e. The molecule has 210 valence electrons. The zero-order valence-corrected chi connectivity index (χ0v) is 21.3. The Morgan fingerprint density at radius 2 is 1.77 bits per heavy atom. The van der Waals surface area contributed by atoms with Gasteiger partial charge in [-0.15, -0.1) is 0 Å². The zero-order chi connectivity index (χ0) is 29.1. The normalized spacial score (nSPS) is 11.7. The molecule has 0 bridgehead atoms. The number of rotatable bonds is 10. The van der Waals surface area contributed by atoms with Crippen molar-refractivity contribution in [3.8, 4) is 22.9 Å². The van der Waals surface area contributed by atoms with E-state index in [1.54, 1.807) is 10.3 Å². The van der Waals surface area contributed by atoms with Crippen molar-refractivity contribution in [2.45, 2.75) is 17.7 Å². The van der Waals surface area contributed by atoms with Crippen LogP contribution in [0.4, 0.5) is 17.6 Å². The summed E-state index contributed by atoms with van der Waals surface area (Å²) in [5, 5.41) is 14.5. The summed E-state index contributed by atoms with van der Waals surface area (Å²) in [7, 11) is -4.55. The van der Waals surface area contributed by atoms with E-state index in [1.807, 2.05) is 4.72 Å². The van der Waals surface area contributed by atoms with Crippen LogP contribution in [-0.4, -0.2) is 53.7 Å². The number of H-pyrrole nitrogens is 1. The van der Waals surface area contributed by atoms with E-state index in [0.29, 0.717) is 4.68 Å². The second kappa shape index (κ2) is 12.0. The Kier molecular flexibility index (Phi) is 9.21. The molecule has 0 spiro atoms. The number of nitrogens with zero attached hydrogens (tertiary/aromatic N) is 2. The van der Waals surface area contributed by atoms with Crippen molar-refractivity contribution in [1.82, 2.24) is 24.8 Å². The van der Waals surface area contributed by atoms with Gasteiger partial charge in [0.1, 0.15) is 16.4 Å². The standard InChI is InChI=1S/C20H15Cl2F4N5O7S/c21-10-3-8(31-20(35)29-19(34)16(30-31)18(25)26)4-11(22)17(10)38-9-1-2-12(32)13(5-9)39(36,37)28-7-15(33)27-6-14(23)24/h1-5,14,18,28,32H,6-7H2,(H,27,33)(H,29,34,35). The smallest absolute Gasteiger partial charge is 0.349 e. The first kappa shape index (κ1) is 29.9. The van der Waals surface area contributed by atoms with E-state index in [2.05, 4.69) is 5.10 Å². The van der Waals surface area contributed by atoms with Crippen LogP contribution in [0.2, 0.25) is 10.0 Å². The number of benzene rings is 2. The summed E-state index contributed by atoms with van der Waals surface area (Å²) >= 11 is 12.3. The van der Waals surface area contributed by atoms with Crippen LogP contribution in [0.25, 0.3) is 5.69 Å². The summed E-state index contributed by atoms with van der Waals surface area (Å²) in [4.78, 5) is 36.1. The molecule has 0 aliphatic heterocycles. The molecule has 19 heteroatoms. The highest BCUT2D eigenvalue weighted by Gasteiger charge is 2.23. The lowest BCUT2D eigenvalue weighted by Crippen LogP contribution is -2.38. The van der Waals surface area contributed by atoms with Crippen LogP contribution in [0.5, 0.6) is 17.2 Å². The number of sulfonamides is 1. The Hall–Kier alpha value is -3.67. The molecule has 0 unspecified atom stereocenters. The number of hydrogen-bond acceptors (Lipinski definition) is 8. The summed E-state index contributed by atoms with van der Waals surface area (Å²) in [6.45, 7) is -1.90. The molecule has 1 amide bonds. The molecule has 39 heavy (non-hydrogen) atoms. The minimum Gasteiger partial charge on any atom is -0.507 e. The van der Waals surface area contributed by atoms with Gasteiger partial charge in [-0.25, -0.2) is 35.5 Å². The summed E-state index contributed by atoms with van der Waals surface area (Å²) in [6.07, 6.45) is -6.14. The number of carbonyl (C=O) groups is 1. The fourth-order valence-electron chi connectivity index (χ4n) is 2.88. The second-order valence-corrected chi connectivity index (χ2v) is 9.90. The fourth-order valence-corrected chi connectivity index (χ4v) is 4.52. The van der Waals surface area contributed by atoms with Crippen LogP contribution in [-0.2, 0) is 14.8 Å². The molecule has 2 aromatic carbocycles. The Labute approximate surface area is 225 Å². The van der Waals surface area contributed by atoms with Crippen LogP contribution in [0, 0.1) is 0 Å². The number of ether oxygens (including phenoxy) is 1. The van der Waals surface area contributed by atoms with E-state index >= 15 is 0 Å². The van der Waals surface area contributed by atoms with E-state index in [9.17, 15) is 45.5 Å². The van der Waals surface area contributed by atoms with Gasteiger partial charge >= 0.3 is 5.69 Å². The number of alkyl halides is 4. The number of phenolic OH excluding ortho intramolecular Hbond substituents is 1. The van der Waals surface area contributed by atoms with E-state index in [1.165, 1.54) is 0 Å². The van der Waals surface area contributed by atoms with Crippen LogP contribution < -0.4 is 26.0 Å². The van der Waals surface area contributed by atoms with E-state index in [-0.39, 0.29) is 27.2 Å². The molecule has 1 aromatic heterocycles. The van der Waals surface area contributed by atoms with Crippen molar-refractivity contribution >= 4 is 39.1 Å². The van der Waals surface area contributed by atoms with Gasteiger partial charge in [-0.05, 0) is 24.3 Å². The van der Waals surface area contributed by atoms with Gasteiger partial charge < -0.3 is 15.2 Å². The average Bonchev–Trinajstić information content (AvgIpc) is 2.84. The lowest BCUT2D eigenvalue weighted by Gasteiger charge is -2.14. The molecule has 3 rings (SSSR count). The molecule has 3 aromatic rings. The van der Waals surface area contributed by atoms with Crippen molar-refractivity contribution < 1.29 is 40.6 Å². The minimum atomic E-state index is -4.55. The largest absolute Gasteiger partial charge is 0.507 e. The van der Waals surface area contributed by atoms with Gasteiger partial charge in [0.05, 0.1) is 28.8 Å². The molecular weight excluding hydrogens is 601 g/mol. The third kappa shape index (κ3) is 7.25. The summed E-state index contributed by atoms with van der Waals surface area (Å²) in [5.41, 5.74) is -4.03. The number of aromatic hydroxyl groups is 1. The molecule has 0 radical (unpaired) electrons. The quantitative estimate of drug-likeness (QED) is 0.251. The van der Waals surface area contributed by atoms with Gasteiger partial charge in [0.25, 0.3) is 18.4 Å². The Balaban J connectivity index is 1.89. The number of hydrogen-bond donors (Lipinski definition) is 4. The number of amides is 1. The van der Waals surface area contributed by atoms with Crippen LogP contribution in [0.15, 0.2) is 44.8 Å². The number of phenols is 1. The molecule has 4 N–H and O–H groups in total. The van der Waals surface area contributed by atoms with Crippen molar-refractivity contribution in [2.75, 3.05) is 13.1 Å². The summed E-state index contributed by atoms with van der Waals surface area (Å²) < 4.78 is 83.3. The van der Waals surface area contributed by atoms with Gasteiger partial charge in [-0.2, -0.15) is 9.78 Å². The SMILES string of the molecule is O=C(CNS(=O)(=O)c1cc(Oc2c(Cl)cc(-n3nc(C(F)F)c(=O)[nH]c3=O)cc2Cl)ccc1O)NCC(F)F. The Bertz CT molecular complexity index is 1610. The first-order valence-electron chi connectivity index (χ1n) is 10.3. The fraction of sp³-hybridized carbons (Fsp3) is 0.200. The molecule has 0 fully saturated rings. The van der Waals surface area contributed by atoms with Gasteiger partial charge in [-0.1, -0.05) is 23.2 Å². The van der Waals surface area contributed by atoms with Crippen LogP contribution in [0.3, 0.4) is 0 Å². The molecule has 0 saturated carbocycles. The number of carbonyl (C=O) groups excluding carboxylic acids is 1. The molecule has 1 heterocycles. The highest BCUT2D eigenvalue weighted by atomic mass is 35.5. The molecule has 0 atom stereocenters. The lowest BCUT2D eigenvalue weighted by atomic mass is 10.3. The maximum atomic E-state index is 13.0. The lowest BCUT2D eigenvalue weighted by molar-refractivity contribution is -0.120. The molecule has 0 aliphatic carbocycles. The highest BCUT2D eigenvalue weighted by molar-refractivity contribution is 7.89. The van der Waals surface area contributed by atoms with Crippen LogP contribution >= 0.6 is 23.2 Å². The van der Waals surface area contributed by atoms with E-state index in [0.717, 1.165) is 30.3 Å². The van der Waals surface area contributed by atoms with Gasteiger partial charge in [-0.3, -0.25) is 14.6 Å². The van der Waals surface area contributed by atoms with Crippen molar-refractivity contribution in [2.24, 2.45) is 0 Å². The van der Waals surface area contributed by atoms with Crippen molar-refractivity contribution in [1.29, 1.82) is 0 Å². The highest BCUT2D eigenvalue weighted by Crippen LogP contribution is 2.39. The predicted octanol–water partition coefficient (Wildman–Crippen LogP) is 2.32. The number of aromatic nitrogens is 3. The zero-order valence-electron chi connectivity index (χ0n) is 18.9. The van der Waals surface area contributed by atoms with Gasteiger partial charge in [0, 0.05) is 6.07 Å². The molecule has 12 nitrogen and oxygen atoms in total. The van der Waals surface area contributed by atoms with Crippen molar-refractivity contribution in [3.63, 3.8) is 0 Å². The third-order valence-corrected chi connectivity index (χ3v) is 6.60. The number of aromatic amines is 1. The number of nitrogens with one attached hydrogen (secondary N) is 3. The van der Waals surface area contributed by atoms with Crippen LogP contribution in [0.1, 0.15) is 12.1 Å². The molecular formula is C20H15Cl2F4N5O7S. The second-order valence-electron chi connectivity index (χ2n) is 7.35. The topological polar surface area (TPSA) is 172 Å². The summed E-state index contributed by atoms with van der Waals surface area (Å²) in [5.74, 6) is -2.34. The van der Waals surface area contributed by atoms with Gasteiger partial charge in [0.2, 0.25) is 15.9 Å². The van der Waals surface area contributed by atoms with Crippen molar-refractivity contribution in [3.05, 3.63) is 66.9 Å². The first-order valence-corrected chi connectivity index (χ1v) is 12.5. The Morgan fingerprint density at radius 3 is 2.36 bits per heavy atom. The molecule has 0 aliphatic rings. The molecule has 0 saturated heterocycles. The Morgan fingerprint density at radius 1 is 1.13 bits per heavy atom. The first-order chi connectivity index (χ1) is 18.2. The monoisotopic (exact) mass is 615 g/mol. The van der Waals surface area contributed by atoms with E-state index in [4.69, 9.17) is 27.9 Å². The van der Waals surface area contributed by atoms with E-state index < -0.39 is 69.5 Å².